The van der Waals surface area contributed by atoms with Gasteiger partial charge in [0.15, 0.2) is 0 Å². The number of aromatic nitrogens is 1. The van der Waals surface area contributed by atoms with Gasteiger partial charge in [-0.1, -0.05) is 17.7 Å². The first-order valence-corrected chi connectivity index (χ1v) is 6.26. The first-order chi connectivity index (χ1) is 7.70. The highest BCUT2D eigenvalue weighted by Gasteiger charge is 2.07. The SMILES string of the molecule is CNCc1cnc(-c2ccc(Cl)cc2C)s1. The maximum atomic E-state index is 5.93. The van der Waals surface area contributed by atoms with E-state index in [0.29, 0.717) is 0 Å². The van der Waals surface area contributed by atoms with Crippen molar-refractivity contribution in [2.24, 2.45) is 0 Å². The maximum absolute atomic E-state index is 5.93. The van der Waals surface area contributed by atoms with E-state index < -0.39 is 0 Å². The van der Waals surface area contributed by atoms with Crippen LogP contribution in [0.2, 0.25) is 5.02 Å². The Kier molecular flexibility index (Phi) is 3.59. The van der Waals surface area contributed by atoms with Crippen LogP contribution >= 0.6 is 22.9 Å². The van der Waals surface area contributed by atoms with Gasteiger partial charge < -0.3 is 5.32 Å². The quantitative estimate of drug-likeness (QED) is 0.905. The molecule has 0 aliphatic carbocycles. The molecule has 0 unspecified atom stereocenters. The van der Waals surface area contributed by atoms with Crippen molar-refractivity contribution in [3.05, 3.63) is 39.9 Å². The number of hydrogen-bond acceptors (Lipinski definition) is 3. The summed E-state index contributed by atoms with van der Waals surface area (Å²) in [6.45, 7) is 2.92. The van der Waals surface area contributed by atoms with E-state index in [1.54, 1.807) is 11.3 Å². The lowest BCUT2D eigenvalue weighted by molar-refractivity contribution is 0.829. The molecular formula is C12H13ClN2S. The van der Waals surface area contributed by atoms with E-state index in [1.807, 2.05) is 31.4 Å². The minimum absolute atomic E-state index is 0.772. The van der Waals surface area contributed by atoms with Crippen LogP contribution in [0.5, 0.6) is 0 Å². The summed E-state index contributed by atoms with van der Waals surface area (Å²) in [5.74, 6) is 0. The van der Waals surface area contributed by atoms with Crippen LogP contribution in [0.25, 0.3) is 10.6 Å². The summed E-state index contributed by atoms with van der Waals surface area (Å²) in [6.07, 6.45) is 1.92. The second-order valence-corrected chi connectivity index (χ2v) is 5.17. The molecule has 2 aromatic rings. The number of rotatable bonds is 3. The molecule has 0 saturated carbocycles. The molecule has 2 nitrogen and oxygen atoms in total. The monoisotopic (exact) mass is 252 g/mol. The standard InChI is InChI=1S/C12H13ClN2S/c1-8-5-9(13)3-4-11(8)12-15-7-10(16-12)6-14-2/h3-5,7,14H,6H2,1-2H3. The van der Waals surface area contributed by atoms with Crippen molar-refractivity contribution in [1.82, 2.24) is 10.3 Å². The lowest BCUT2D eigenvalue weighted by Gasteiger charge is -2.01. The molecular weight excluding hydrogens is 240 g/mol. The molecule has 0 radical (unpaired) electrons. The summed E-state index contributed by atoms with van der Waals surface area (Å²) < 4.78 is 0. The summed E-state index contributed by atoms with van der Waals surface area (Å²) >= 11 is 7.65. The van der Waals surface area contributed by atoms with Gasteiger partial charge in [-0.2, -0.15) is 0 Å². The average molecular weight is 253 g/mol. The van der Waals surface area contributed by atoms with Crippen LogP contribution in [0, 0.1) is 6.92 Å². The predicted octanol–water partition coefficient (Wildman–Crippen LogP) is 3.49. The van der Waals surface area contributed by atoms with Crippen LogP contribution in [0.1, 0.15) is 10.4 Å². The fourth-order valence-corrected chi connectivity index (χ4v) is 2.80. The third-order valence-corrected chi connectivity index (χ3v) is 3.59. The summed E-state index contributed by atoms with van der Waals surface area (Å²) in [7, 11) is 1.94. The van der Waals surface area contributed by atoms with Gasteiger partial charge in [-0.25, -0.2) is 4.98 Å². The Hall–Kier alpha value is -0.900. The number of aryl methyl sites for hydroxylation is 1. The highest BCUT2D eigenvalue weighted by Crippen LogP contribution is 2.29. The largest absolute Gasteiger partial charge is 0.315 e. The fourth-order valence-electron chi connectivity index (χ4n) is 1.56. The van der Waals surface area contributed by atoms with Gasteiger partial charge in [-0.05, 0) is 31.7 Å². The smallest absolute Gasteiger partial charge is 0.123 e. The summed E-state index contributed by atoms with van der Waals surface area (Å²) in [5.41, 5.74) is 2.33. The van der Waals surface area contributed by atoms with E-state index in [2.05, 4.69) is 17.2 Å². The maximum Gasteiger partial charge on any atom is 0.123 e. The Morgan fingerprint density at radius 1 is 1.44 bits per heavy atom. The summed E-state index contributed by atoms with van der Waals surface area (Å²) in [5, 5.41) is 4.95. The molecule has 0 atom stereocenters. The van der Waals surface area contributed by atoms with Crippen LogP contribution in [-0.2, 0) is 6.54 Å². The zero-order valence-electron chi connectivity index (χ0n) is 9.25. The van der Waals surface area contributed by atoms with Gasteiger partial charge in [0, 0.05) is 28.2 Å². The molecule has 0 aliphatic heterocycles. The number of nitrogens with zero attached hydrogens (tertiary/aromatic N) is 1. The minimum Gasteiger partial charge on any atom is -0.315 e. The van der Waals surface area contributed by atoms with E-state index in [1.165, 1.54) is 4.88 Å². The van der Waals surface area contributed by atoms with Crippen molar-refractivity contribution in [1.29, 1.82) is 0 Å². The zero-order chi connectivity index (χ0) is 11.5. The molecule has 1 N–H and O–H groups in total. The molecule has 0 saturated heterocycles. The van der Waals surface area contributed by atoms with Crippen LogP contribution in [0.3, 0.4) is 0 Å². The van der Waals surface area contributed by atoms with Gasteiger partial charge in [0.25, 0.3) is 0 Å². The van der Waals surface area contributed by atoms with Crippen molar-refractivity contribution in [3.63, 3.8) is 0 Å². The molecule has 2 rings (SSSR count). The zero-order valence-corrected chi connectivity index (χ0v) is 10.8. The summed E-state index contributed by atoms with van der Waals surface area (Å²) in [6, 6.07) is 5.90. The Morgan fingerprint density at radius 2 is 2.25 bits per heavy atom. The highest BCUT2D eigenvalue weighted by atomic mass is 35.5. The number of thiazole rings is 1. The molecule has 0 bridgehead atoms. The van der Waals surface area contributed by atoms with Gasteiger partial charge in [-0.3, -0.25) is 0 Å². The molecule has 0 fully saturated rings. The Morgan fingerprint density at radius 3 is 2.94 bits per heavy atom. The third kappa shape index (κ3) is 2.43. The lowest BCUT2D eigenvalue weighted by atomic mass is 10.1. The van der Waals surface area contributed by atoms with Crippen LogP contribution < -0.4 is 5.32 Å². The van der Waals surface area contributed by atoms with Crippen molar-refractivity contribution >= 4 is 22.9 Å². The Bertz CT molecular complexity index is 494. The normalized spacial score (nSPS) is 10.7. The first kappa shape index (κ1) is 11.6. The van der Waals surface area contributed by atoms with Gasteiger partial charge in [0.1, 0.15) is 5.01 Å². The van der Waals surface area contributed by atoms with E-state index in [0.717, 1.165) is 27.7 Å². The molecule has 1 aromatic carbocycles. The van der Waals surface area contributed by atoms with Crippen molar-refractivity contribution in [2.45, 2.75) is 13.5 Å². The molecule has 84 valence electrons. The molecule has 4 heteroatoms. The van der Waals surface area contributed by atoms with Gasteiger partial charge in [0.05, 0.1) is 0 Å². The molecule has 0 spiro atoms. The molecule has 0 aliphatic rings. The number of nitrogens with one attached hydrogen (secondary N) is 1. The second kappa shape index (κ2) is 4.95. The van der Waals surface area contributed by atoms with E-state index >= 15 is 0 Å². The van der Waals surface area contributed by atoms with E-state index in [-0.39, 0.29) is 0 Å². The minimum atomic E-state index is 0.772. The molecule has 0 amide bonds. The highest BCUT2D eigenvalue weighted by molar-refractivity contribution is 7.15. The second-order valence-electron chi connectivity index (χ2n) is 3.62. The molecule has 1 aromatic heterocycles. The fraction of sp³-hybridized carbons (Fsp3) is 0.250. The third-order valence-electron chi connectivity index (χ3n) is 2.32. The van der Waals surface area contributed by atoms with Crippen molar-refractivity contribution in [2.75, 3.05) is 7.05 Å². The van der Waals surface area contributed by atoms with Gasteiger partial charge >= 0.3 is 0 Å². The van der Waals surface area contributed by atoms with Crippen molar-refractivity contribution in [3.8, 4) is 10.6 Å². The Balaban J connectivity index is 2.35. The number of hydrogen-bond donors (Lipinski definition) is 1. The lowest BCUT2D eigenvalue weighted by Crippen LogP contribution is -2.02. The topological polar surface area (TPSA) is 24.9 Å². The van der Waals surface area contributed by atoms with Gasteiger partial charge in [0.2, 0.25) is 0 Å². The van der Waals surface area contributed by atoms with E-state index in [9.17, 15) is 0 Å². The number of benzene rings is 1. The molecule has 1 heterocycles. The average Bonchev–Trinajstić information content (AvgIpc) is 2.67. The first-order valence-electron chi connectivity index (χ1n) is 5.06. The van der Waals surface area contributed by atoms with Crippen molar-refractivity contribution < 1.29 is 0 Å². The van der Waals surface area contributed by atoms with E-state index in [4.69, 9.17) is 11.6 Å². The van der Waals surface area contributed by atoms with Crippen LogP contribution in [0.15, 0.2) is 24.4 Å². The van der Waals surface area contributed by atoms with Gasteiger partial charge in [-0.15, -0.1) is 11.3 Å². The number of halogens is 1. The van der Waals surface area contributed by atoms with Crippen LogP contribution in [-0.4, -0.2) is 12.0 Å². The summed E-state index contributed by atoms with van der Waals surface area (Å²) in [4.78, 5) is 5.67. The predicted molar refractivity (Wildman–Crippen MR) is 70.1 cm³/mol. The van der Waals surface area contributed by atoms with Crippen LogP contribution in [0.4, 0.5) is 0 Å². The molecule has 16 heavy (non-hydrogen) atoms. The Labute approximate surface area is 104 Å².